The minimum atomic E-state index is -3.74. The van der Waals surface area contributed by atoms with Gasteiger partial charge in [-0.05, 0) is 57.0 Å². The molecule has 0 radical (unpaired) electrons. The number of hydrogen-bond donors (Lipinski definition) is 0. The molecule has 8 heteroatoms. The number of ether oxygens (including phenoxy) is 1. The van der Waals surface area contributed by atoms with Crippen LogP contribution in [0.2, 0.25) is 0 Å². The van der Waals surface area contributed by atoms with E-state index in [9.17, 15) is 18.0 Å². The lowest BCUT2D eigenvalue weighted by atomic mass is 9.96. The Bertz CT molecular complexity index is 1040. The molecule has 31 heavy (non-hydrogen) atoms. The number of aryl methyl sites for hydroxylation is 1. The first-order valence-electron chi connectivity index (χ1n) is 10.4. The van der Waals surface area contributed by atoms with Crippen molar-refractivity contribution in [3.63, 3.8) is 0 Å². The highest BCUT2D eigenvalue weighted by Gasteiger charge is 2.29. The SMILES string of the molecule is CCOC(=O)C1CCN(C(=O)c2cccc(N(C)S(=O)(=O)c3ccc(C)cc3)c2)CC1. The fraction of sp³-hybridized carbons (Fsp3) is 0.391. The molecule has 0 N–H and O–H groups in total. The number of carbonyl (C=O) groups excluding carboxylic acids is 2. The fourth-order valence-electron chi connectivity index (χ4n) is 3.60. The summed E-state index contributed by atoms with van der Waals surface area (Å²) in [5.74, 6) is -0.564. The molecule has 7 nitrogen and oxygen atoms in total. The second-order valence-electron chi connectivity index (χ2n) is 7.65. The number of sulfonamides is 1. The smallest absolute Gasteiger partial charge is 0.309 e. The number of likely N-dealkylation sites (tertiary alicyclic amines) is 1. The molecule has 3 rings (SSSR count). The average molecular weight is 445 g/mol. The Morgan fingerprint density at radius 2 is 1.74 bits per heavy atom. The summed E-state index contributed by atoms with van der Waals surface area (Å²) in [5, 5.41) is 0. The molecule has 1 aliphatic rings. The van der Waals surface area contributed by atoms with Gasteiger partial charge in [-0.2, -0.15) is 0 Å². The van der Waals surface area contributed by atoms with Crippen molar-refractivity contribution in [2.24, 2.45) is 5.92 Å². The molecule has 1 heterocycles. The van der Waals surface area contributed by atoms with Crippen LogP contribution in [0.15, 0.2) is 53.4 Å². The second kappa shape index (κ2) is 9.51. The Balaban J connectivity index is 1.73. The Kier molecular flexibility index (Phi) is 7.00. The van der Waals surface area contributed by atoms with Crippen molar-refractivity contribution in [1.29, 1.82) is 0 Å². The Morgan fingerprint density at radius 3 is 2.35 bits per heavy atom. The van der Waals surface area contributed by atoms with E-state index in [2.05, 4.69) is 0 Å². The number of anilines is 1. The number of piperidine rings is 1. The van der Waals surface area contributed by atoms with Gasteiger partial charge >= 0.3 is 5.97 Å². The van der Waals surface area contributed by atoms with Crippen molar-refractivity contribution < 1.29 is 22.7 Å². The zero-order valence-electron chi connectivity index (χ0n) is 18.1. The zero-order valence-corrected chi connectivity index (χ0v) is 18.9. The van der Waals surface area contributed by atoms with Gasteiger partial charge in [-0.15, -0.1) is 0 Å². The summed E-state index contributed by atoms with van der Waals surface area (Å²) in [6.07, 6.45) is 1.12. The third kappa shape index (κ3) is 5.07. The first kappa shape index (κ1) is 22.8. The number of rotatable bonds is 6. The minimum Gasteiger partial charge on any atom is -0.466 e. The van der Waals surface area contributed by atoms with Gasteiger partial charge in [-0.1, -0.05) is 23.8 Å². The highest BCUT2D eigenvalue weighted by molar-refractivity contribution is 7.92. The number of carbonyl (C=O) groups is 2. The molecular weight excluding hydrogens is 416 g/mol. The van der Waals surface area contributed by atoms with Crippen LogP contribution in [0.4, 0.5) is 5.69 Å². The van der Waals surface area contributed by atoms with E-state index in [1.165, 1.54) is 11.4 Å². The lowest BCUT2D eigenvalue weighted by Crippen LogP contribution is -2.40. The van der Waals surface area contributed by atoms with Crippen molar-refractivity contribution in [3.8, 4) is 0 Å². The summed E-state index contributed by atoms with van der Waals surface area (Å²) in [5.41, 5.74) is 1.80. The van der Waals surface area contributed by atoms with E-state index in [1.54, 1.807) is 60.4 Å². The number of benzene rings is 2. The summed E-state index contributed by atoms with van der Waals surface area (Å²) >= 11 is 0. The summed E-state index contributed by atoms with van der Waals surface area (Å²) in [6.45, 7) is 4.95. The monoisotopic (exact) mass is 444 g/mol. The molecule has 0 unspecified atom stereocenters. The van der Waals surface area contributed by atoms with E-state index < -0.39 is 10.0 Å². The Hall–Kier alpha value is -2.87. The molecule has 0 saturated carbocycles. The van der Waals surface area contributed by atoms with E-state index in [-0.39, 0.29) is 22.7 Å². The van der Waals surface area contributed by atoms with Crippen molar-refractivity contribution >= 4 is 27.6 Å². The second-order valence-corrected chi connectivity index (χ2v) is 9.62. The maximum Gasteiger partial charge on any atom is 0.309 e. The third-order valence-corrected chi connectivity index (χ3v) is 7.34. The van der Waals surface area contributed by atoms with Crippen LogP contribution in [0.25, 0.3) is 0 Å². The van der Waals surface area contributed by atoms with Crippen LogP contribution >= 0.6 is 0 Å². The number of nitrogens with zero attached hydrogens (tertiary/aromatic N) is 2. The van der Waals surface area contributed by atoms with Crippen LogP contribution in [-0.4, -0.2) is 51.9 Å². The largest absolute Gasteiger partial charge is 0.466 e. The number of amides is 1. The average Bonchev–Trinajstić information content (AvgIpc) is 2.78. The molecule has 1 amide bonds. The van der Waals surface area contributed by atoms with Crippen LogP contribution < -0.4 is 4.31 Å². The van der Waals surface area contributed by atoms with E-state index in [0.717, 1.165) is 5.56 Å². The number of esters is 1. The van der Waals surface area contributed by atoms with Gasteiger partial charge in [0, 0.05) is 25.7 Å². The molecule has 2 aromatic rings. The quantitative estimate of drug-likeness (QED) is 0.639. The number of hydrogen-bond acceptors (Lipinski definition) is 5. The molecule has 1 fully saturated rings. The summed E-state index contributed by atoms with van der Waals surface area (Å²) in [6, 6.07) is 13.3. The van der Waals surface area contributed by atoms with Gasteiger partial charge in [0.2, 0.25) is 0 Å². The summed E-state index contributed by atoms with van der Waals surface area (Å²) in [4.78, 5) is 26.8. The topological polar surface area (TPSA) is 84.0 Å². The zero-order chi connectivity index (χ0) is 22.6. The molecule has 0 aliphatic carbocycles. The predicted molar refractivity (Wildman–Crippen MR) is 118 cm³/mol. The molecule has 1 aliphatic heterocycles. The normalized spacial score (nSPS) is 14.9. The van der Waals surface area contributed by atoms with Crippen molar-refractivity contribution in [2.45, 2.75) is 31.6 Å². The van der Waals surface area contributed by atoms with Gasteiger partial charge in [0.15, 0.2) is 0 Å². The van der Waals surface area contributed by atoms with Crippen LogP contribution in [0.1, 0.15) is 35.7 Å². The molecule has 0 spiro atoms. The van der Waals surface area contributed by atoms with Gasteiger partial charge in [0.1, 0.15) is 0 Å². The molecular formula is C23H28N2O5S. The van der Waals surface area contributed by atoms with Gasteiger partial charge in [-0.3, -0.25) is 13.9 Å². The van der Waals surface area contributed by atoms with E-state index in [4.69, 9.17) is 4.74 Å². The van der Waals surface area contributed by atoms with Crippen molar-refractivity contribution in [2.75, 3.05) is 31.0 Å². The highest BCUT2D eigenvalue weighted by Crippen LogP contribution is 2.25. The van der Waals surface area contributed by atoms with Gasteiger partial charge in [-0.25, -0.2) is 8.42 Å². The minimum absolute atomic E-state index is 0.176. The fourth-order valence-corrected chi connectivity index (χ4v) is 4.79. The first-order valence-corrected chi connectivity index (χ1v) is 11.8. The molecule has 0 bridgehead atoms. The molecule has 0 atom stereocenters. The van der Waals surface area contributed by atoms with Gasteiger partial charge < -0.3 is 9.64 Å². The van der Waals surface area contributed by atoms with Crippen molar-refractivity contribution in [3.05, 3.63) is 59.7 Å². The standard InChI is InChI=1S/C23H28N2O5S/c1-4-30-23(27)18-12-14-25(15-13-18)22(26)19-6-5-7-20(16-19)24(3)31(28,29)21-10-8-17(2)9-11-21/h5-11,16,18H,4,12-15H2,1-3H3. The van der Waals surface area contributed by atoms with E-state index in [1.807, 2.05) is 6.92 Å². The maximum absolute atomic E-state index is 13.0. The van der Waals surface area contributed by atoms with Crippen LogP contribution in [0, 0.1) is 12.8 Å². The lowest BCUT2D eigenvalue weighted by molar-refractivity contribution is -0.149. The predicted octanol–water partition coefficient (Wildman–Crippen LogP) is 3.24. The lowest BCUT2D eigenvalue weighted by Gasteiger charge is -2.31. The Labute approximate surface area is 183 Å². The van der Waals surface area contributed by atoms with Crippen LogP contribution in [0.5, 0.6) is 0 Å². The van der Waals surface area contributed by atoms with Gasteiger partial charge in [0.05, 0.1) is 23.1 Å². The summed E-state index contributed by atoms with van der Waals surface area (Å²) < 4.78 is 32.2. The van der Waals surface area contributed by atoms with E-state index >= 15 is 0 Å². The van der Waals surface area contributed by atoms with Crippen LogP contribution in [0.3, 0.4) is 0 Å². The Morgan fingerprint density at radius 1 is 1.10 bits per heavy atom. The molecule has 1 saturated heterocycles. The maximum atomic E-state index is 13.0. The molecule has 2 aromatic carbocycles. The summed E-state index contributed by atoms with van der Waals surface area (Å²) in [7, 11) is -2.27. The first-order chi connectivity index (χ1) is 14.7. The molecule has 166 valence electrons. The molecule has 0 aromatic heterocycles. The van der Waals surface area contributed by atoms with Crippen LogP contribution in [-0.2, 0) is 19.6 Å². The van der Waals surface area contributed by atoms with Gasteiger partial charge in [0.25, 0.3) is 15.9 Å². The highest BCUT2D eigenvalue weighted by atomic mass is 32.2. The van der Waals surface area contributed by atoms with Crippen molar-refractivity contribution in [1.82, 2.24) is 4.90 Å². The third-order valence-electron chi connectivity index (χ3n) is 5.54. The van der Waals surface area contributed by atoms with E-state index in [0.29, 0.717) is 43.8 Å².